The SMILES string of the molecule is COCCn1cc(C#N)c2cnc(Cl)cc21. The summed E-state index contributed by atoms with van der Waals surface area (Å²) in [5.74, 6) is 0. The van der Waals surface area contributed by atoms with Gasteiger partial charge in [0.2, 0.25) is 0 Å². The largest absolute Gasteiger partial charge is 0.383 e. The van der Waals surface area contributed by atoms with Crippen molar-refractivity contribution in [3.63, 3.8) is 0 Å². The Morgan fingerprint density at radius 3 is 3.12 bits per heavy atom. The standard InChI is InChI=1S/C11H10ClN3O/c1-16-3-2-15-7-8(5-13)9-6-14-11(12)4-10(9)15/h4,6-7H,2-3H2,1H3. The van der Waals surface area contributed by atoms with Crippen LogP contribution in [0.5, 0.6) is 0 Å². The second-order valence-electron chi connectivity index (χ2n) is 3.36. The number of hydrogen-bond donors (Lipinski definition) is 0. The lowest BCUT2D eigenvalue weighted by Gasteiger charge is -2.03. The average Bonchev–Trinajstić information content (AvgIpc) is 2.64. The van der Waals surface area contributed by atoms with Gasteiger partial charge in [-0.3, -0.25) is 0 Å². The molecule has 2 aromatic rings. The van der Waals surface area contributed by atoms with E-state index in [2.05, 4.69) is 11.1 Å². The van der Waals surface area contributed by atoms with E-state index < -0.39 is 0 Å². The van der Waals surface area contributed by atoms with E-state index in [-0.39, 0.29) is 0 Å². The fourth-order valence-corrected chi connectivity index (χ4v) is 1.78. The summed E-state index contributed by atoms with van der Waals surface area (Å²) >= 11 is 5.84. The first kappa shape index (κ1) is 10.9. The highest BCUT2D eigenvalue weighted by atomic mass is 35.5. The minimum atomic E-state index is 0.425. The van der Waals surface area contributed by atoms with Crippen LogP contribution in [-0.2, 0) is 11.3 Å². The summed E-state index contributed by atoms with van der Waals surface area (Å²) in [6, 6.07) is 3.90. The van der Waals surface area contributed by atoms with Gasteiger partial charge in [0.05, 0.1) is 17.7 Å². The zero-order valence-electron chi connectivity index (χ0n) is 8.77. The molecular formula is C11H10ClN3O. The van der Waals surface area contributed by atoms with Crippen LogP contribution in [-0.4, -0.2) is 23.3 Å². The highest BCUT2D eigenvalue weighted by Gasteiger charge is 2.08. The van der Waals surface area contributed by atoms with Crippen molar-refractivity contribution in [2.45, 2.75) is 6.54 Å². The maximum absolute atomic E-state index is 8.99. The molecule has 2 rings (SSSR count). The van der Waals surface area contributed by atoms with Gasteiger partial charge in [-0.15, -0.1) is 0 Å². The van der Waals surface area contributed by atoms with Gasteiger partial charge in [0.25, 0.3) is 0 Å². The van der Waals surface area contributed by atoms with Gasteiger partial charge in [-0.25, -0.2) is 4.98 Å². The third-order valence-corrected chi connectivity index (χ3v) is 2.60. The van der Waals surface area contributed by atoms with E-state index >= 15 is 0 Å². The summed E-state index contributed by atoms with van der Waals surface area (Å²) in [4.78, 5) is 3.98. The number of halogens is 1. The minimum absolute atomic E-state index is 0.425. The number of fused-ring (bicyclic) bond motifs is 1. The van der Waals surface area contributed by atoms with Crippen molar-refractivity contribution < 1.29 is 4.74 Å². The molecule has 4 nitrogen and oxygen atoms in total. The maximum atomic E-state index is 8.99. The van der Waals surface area contributed by atoms with E-state index in [9.17, 15) is 0 Å². The lowest BCUT2D eigenvalue weighted by molar-refractivity contribution is 0.188. The van der Waals surface area contributed by atoms with Crippen LogP contribution in [0.1, 0.15) is 5.56 Å². The van der Waals surface area contributed by atoms with Crippen LogP contribution in [0.2, 0.25) is 5.15 Å². The predicted molar refractivity (Wildman–Crippen MR) is 61.3 cm³/mol. The number of aromatic nitrogens is 2. The Labute approximate surface area is 98.0 Å². The summed E-state index contributed by atoms with van der Waals surface area (Å²) in [5.41, 5.74) is 1.52. The van der Waals surface area contributed by atoms with Crippen molar-refractivity contribution in [3.05, 3.63) is 29.2 Å². The van der Waals surface area contributed by atoms with E-state index in [1.165, 1.54) is 0 Å². The van der Waals surface area contributed by atoms with Gasteiger partial charge in [-0.2, -0.15) is 5.26 Å². The molecule has 0 aliphatic rings. The third-order valence-electron chi connectivity index (χ3n) is 2.39. The Kier molecular flexibility index (Phi) is 3.09. The number of hydrogen-bond acceptors (Lipinski definition) is 3. The molecule has 0 bridgehead atoms. The minimum Gasteiger partial charge on any atom is -0.383 e. The number of ether oxygens (including phenoxy) is 1. The molecule has 0 aromatic carbocycles. The fraction of sp³-hybridized carbons (Fsp3) is 0.273. The number of nitrogens with zero attached hydrogens (tertiary/aromatic N) is 3. The van der Waals surface area contributed by atoms with Crippen molar-refractivity contribution in [2.24, 2.45) is 0 Å². The van der Waals surface area contributed by atoms with Gasteiger partial charge in [0.1, 0.15) is 11.2 Å². The number of rotatable bonds is 3. The second-order valence-corrected chi connectivity index (χ2v) is 3.75. The molecule has 82 valence electrons. The summed E-state index contributed by atoms with van der Waals surface area (Å²) in [6.07, 6.45) is 3.42. The molecule has 0 N–H and O–H groups in total. The van der Waals surface area contributed by atoms with Gasteiger partial charge in [0.15, 0.2) is 0 Å². The van der Waals surface area contributed by atoms with Gasteiger partial charge in [0, 0.05) is 31.4 Å². The number of nitriles is 1. The lowest BCUT2D eigenvalue weighted by Crippen LogP contribution is -2.02. The molecule has 0 saturated heterocycles. The number of methoxy groups -OCH3 is 1. The molecular weight excluding hydrogens is 226 g/mol. The summed E-state index contributed by atoms with van der Waals surface area (Å²) in [7, 11) is 1.64. The molecule has 0 amide bonds. The molecule has 0 unspecified atom stereocenters. The Balaban J connectivity index is 2.56. The highest BCUT2D eigenvalue weighted by molar-refractivity contribution is 6.30. The normalized spacial score (nSPS) is 10.6. The Morgan fingerprint density at radius 1 is 1.62 bits per heavy atom. The predicted octanol–water partition coefficient (Wildman–Crippen LogP) is 2.21. The molecule has 2 heterocycles. The topological polar surface area (TPSA) is 50.8 Å². The zero-order chi connectivity index (χ0) is 11.5. The average molecular weight is 236 g/mol. The van der Waals surface area contributed by atoms with Crippen molar-refractivity contribution in [1.82, 2.24) is 9.55 Å². The summed E-state index contributed by atoms with van der Waals surface area (Å²) in [6.45, 7) is 1.28. The first-order chi connectivity index (χ1) is 7.76. The van der Waals surface area contributed by atoms with Crippen LogP contribution < -0.4 is 0 Å². The van der Waals surface area contributed by atoms with Crippen molar-refractivity contribution >= 4 is 22.5 Å². The molecule has 0 aliphatic heterocycles. The monoisotopic (exact) mass is 235 g/mol. The van der Waals surface area contributed by atoms with Crippen LogP contribution in [0.3, 0.4) is 0 Å². The van der Waals surface area contributed by atoms with Gasteiger partial charge in [-0.1, -0.05) is 11.6 Å². The smallest absolute Gasteiger partial charge is 0.131 e. The van der Waals surface area contributed by atoms with E-state index in [0.29, 0.717) is 23.9 Å². The summed E-state index contributed by atoms with van der Waals surface area (Å²) < 4.78 is 6.96. The van der Waals surface area contributed by atoms with Crippen LogP contribution >= 0.6 is 11.6 Å². The molecule has 0 saturated carbocycles. The highest BCUT2D eigenvalue weighted by Crippen LogP contribution is 2.22. The molecule has 16 heavy (non-hydrogen) atoms. The van der Waals surface area contributed by atoms with E-state index in [4.69, 9.17) is 21.6 Å². The van der Waals surface area contributed by atoms with Gasteiger partial charge >= 0.3 is 0 Å². The maximum Gasteiger partial charge on any atom is 0.131 e. The van der Waals surface area contributed by atoms with E-state index in [1.54, 1.807) is 25.6 Å². The van der Waals surface area contributed by atoms with Gasteiger partial charge in [-0.05, 0) is 6.07 Å². The van der Waals surface area contributed by atoms with E-state index in [1.807, 2.05) is 4.57 Å². The quantitative estimate of drug-likeness (QED) is 0.767. The van der Waals surface area contributed by atoms with Crippen LogP contribution in [0.4, 0.5) is 0 Å². The first-order valence-electron chi connectivity index (χ1n) is 4.79. The fourth-order valence-electron chi connectivity index (χ4n) is 1.62. The summed E-state index contributed by atoms with van der Waals surface area (Å²) in [5, 5.41) is 10.2. The van der Waals surface area contributed by atoms with Crippen molar-refractivity contribution in [2.75, 3.05) is 13.7 Å². The first-order valence-corrected chi connectivity index (χ1v) is 5.17. The molecule has 5 heteroatoms. The lowest BCUT2D eigenvalue weighted by atomic mass is 10.2. The molecule has 0 fully saturated rings. The van der Waals surface area contributed by atoms with E-state index in [0.717, 1.165) is 10.9 Å². The van der Waals surface area contributed by atoms with Gasteiger partial charge < -0.3 is 9.30 Å². The Morgan fingerprint density at radius 2 is 2.44 bits per heavy atom. The molecule has 0 aliphatic carbocycles. The molecule has 0 spiro atoms. The van der Waals surface area contributed by atoms with Crippen LogP contribution in [0.25, 0.3) is 10.9 Å². The van der Waals surface area contributed by atoms with Crippen molar-refractivity contribution in [1.29, 1.82) is 5.26 Å². The van der Waals surface area contributed by atoms with Crippen LogP contribution in [0, 0.1) is 11.3 Å². The zero-order valence-corrected chi connectivity index (χ0v) is 9.53. The second kappa shape index (κ2) is 4.52. The third kappa shape index (κ3) is 1.87. The molecule has 0 atom stereocenters. The van der Waals surface area contributed by atoms with Crippen LogP contribution in [0.15, 0.2) is 18.5 Å². The Bertz CT molecular complexity index is 556. The molecule has 0 radical (unpaired) electrons. The Hall–Kier alpha value is -1.57. The van der Waals surface area contributed by atoms with Crippen molar-refractivity contribution in [3.8, 4) is 6.07 Å². The number of pyridine rings is 1. The molecule has 2 aromatic heterocycles.